The van der Waals surface area contributed by atoms with Crippen molar-refractivity contribution in [2.45, 2.75) is 6.42 Å². The maximum absolute atomic E-state index is 10.5. The summed E-state index contributed by atoms with van der Waals surface area (Å²) in [7, 11) is 0. The van der Waals surface area contributed by atoms with Crippen LogP contribution in [0, 0.1) is 0 Å². The highest BCUT2D eigenvalue weighted by Gasteiger charge is 2.07. The zero-order valence-electron chi connectivity index (χ0n) is 6.60. The number of aliphatic carboxylic acids is 1. The predicted molar refractivity (Wildman–Crippen MR) is 48.8 cm³/mol. The van der Waals surface area contributed by atoms with Crippen molar-refractivity contribution in [2.75, 3.05) is 0 Å². The highest BCUT2D eigenvalue weighted by molar-refractivity contribution is 7.16. The molecule has 0 atom stereocenters. The molecular formula is C8H6N2O2S. The first-order chi connectivity index (χ1) is 6.27. The number of carbonyl (C=O) groups is 1. The Morgan fingerprint density at radius 3 is 3.15 bits per heavy atom. The van der Waals surface area contributed by atoms with Crippen LogP contribution in [-0.2, 0) is 11.2 Å². The first kappa shape index (κ1) is 8.12. The standard InChI is InChI=1S/C8H6N2O2S/c11-7(12)3-6-5-1-2-13-8(5)10-4-9-6/h1-2,4H,3H2,(H,11,12). The number of rotatable bonds is 2. The number of nitrogens with zero attached hydrogens (tertiary/aromatic N) is 2. The largest absolute Gasteiger partial charge is 0.481 e. The van der Waals surface area contributed by atoms with E-state index in [2.05, 4.69) is 9.97 Å². The molecule has 0 saturated carbocycles. The van der Waals surface area contributed by atoms with Gasteiger partial charge < -0.3 is 5.11 Å². The average molecular weight is 194 g/mol. The Kier molecular flexibility index (Phi) is 1.94. The molecule has 0 spiro atoms. The van der Waals surface area contributed by atoms with Gasteiger partial charge in [0.2, 0.25) is 0 Å². The van der Waals surface area contributed by atoms with Crippen LogP contribution in [0.15, 0.2) is 17.8 Å². The van der Waals surface area contributed by atoms with E-state index in [4.69, 9.17) is 5.11 Å². The van der Waals surface area contributed by atoms with E-state index in [1.807, 2.05) is 11.4 Å². The molecule has 0 aliphatic carbocycles. The molecule has 1 N–H and O–H groups in total. The summed E-state index contributed by atoms with van der Waals surface area (Å²) in [6.07, 6.45) is 1.35. The van der Waals surface area contributed by atoms with Crippen molar-refractivity contribution in [1.29, 1.82) is 0 Å². The quantitative estimate of drug-likeness (QED) is 0.783. The maximum Gasteiger partial charge on any atom is 0.309 e. The van der Waals surface area contributed by atoms with Crippen LogP contribution >= 0.6 is 11.3 Å². The van der Waals surface area contributed by atoms with Crippen LogP contribution in [0.2, 0.25) is 0 Å². The van der Waals surface area contributed by atoms with Crippen molar-refractivity contribution in [3.05, 3.63) is 23.5 Å². The fourth-order valence-electron chi connectivity index (χ4n) is 1.13. The molecule has 2 aromatic rings. The summed E-state index contributed by atoms with van der Waals surface area (Å²) in [4.78, 5) is 19.3. The van der Waals surface area contributed by atoms with Crippen molar-refractivity contribution < 1.29 is 9.90 Å². The SMILES string of the molecule is O=C(O)Cc1ncnc2sccc12. The van der Waals surface area contributed by atoms with Crippen molar-refractivity contribution in [3.8, 4) is 0 Å². The summed E-state index contributed by atoms with van der Waals surface area (Å²) in [5.74, 6) is -0.869. The minimum atomic E-state index is -0.869. The Labute approximate surface area is 77.9 Å². The summed E-state index contributed by atoms with van der Waals surface area (Å²) in [6, 6.07) is 1.85. The molecule has 0 saturated heterocycles. The number of hydrogen-bond donors (Lipinski definition) is 1. The third-order valence-electron chi connectivity index (χ3n) is 1.66. The summed E-state index contributed by atoms with van der Waals surface area (Å²) in [5, 5.41) is 11.3. The first-order valence-electron chi connectivity index (χ1n) is 3.66. The first-order valence-corrected chi connectivity index (χ1v) is 4.54. The summed E-state index contributed by atoms with van der Waals surface area (Å²) < 4.78 is 0. The molecule has 0 aliphatic heterocycles. The Morgan fingerprint density at radius 2 is 2.38 bits per heavy atom. The normalized spacial score (nSPS) is 10.5. The molecule has 13 heavy (non-hydrogen) atoms. The zero-order valence-corrected chi connectivity index (χ0v) is 7.41. The molecule has 0 amide bonds. The molecular weight excluding hydrogens is 188 g/mol. The second-order valence-electron chi connectivity index (χ2n) is 2.53. The zero-order chi connectivity index (χ0) is 9.26. The number of aromatic nitrogens is 2. The summed E-state index contributed by atoms with van der Waals surface area (Å²) in [6.45, 7) is 0. The van der Waals surface area contributed by atoms with Crippen LogP contribution in [0.3, 0.4) is 0 Å². The van der Waals surface area contributed by atoms with Crippen LogP contribution in [0.5, 0.6) is 0 Å². The van der Waals surface area contributed by atoms with Gasteiger partial charge in [-0.05, 0) is 11.4 Å². The van der Waals surface area contributed by atoms with Crippen LogP contribution < -0.4 is 0 Å². The predicted octanol–water partition coefficient (Wildman–Crippen LogP) is 1.32. The summed E-state index contributed by atoms with van der Waals surface area (Å²) >= 11 is 1.48. The number of hydrogen-bond acceptors (Lipinski definition) is 4. The molecule has 66 valence electrons. The molecule has 2 aromatic heterocycles. The van der Waals surface area contributed by atoms with E-state index in [9.17, 15) is 4.79 Å². The van der Waals surface area contributed by atoms with Gasteiger partial charge in [-0.25, -0.2) is 9.97 Å². The van der Waals surface area contributed by atoms with Crippen LogP contribution in [0.1, 0.15) is 5.69 Å². The lowest BCUT2D eigenvalue weighted by molar-refractivity contribution is -0.136. The van der Waals surface area contributed by atoms with Crippen molar-refractivity contribution in [1.82, 2.24) is 9.97 Å². The molecule has 0 aliphatic rings. The highest BCUT2D eigenvalue weighted by Crippen LogP contribution is 2.20. The molecule has 0 aromatic carbocycles. The van der Waals surface area contributed by atoms with E-state index in [1.165, 1.54) is 17.7 Å². The van der Waals surface area contributed by atoms with Crippen molar-refractivity contribution in [2.24, 2.45) is 0 Å². The molecule has 2 rings (SSSR count). The second-order valence-corrected chi connectivity index (χ2v) is 3.42. The fraction of sp³-hybridized carbons (Fsp3) is 0.125. The van der Waals surface area contributed by atoms with Gasteiger partial charge in [0, 0.05) is 5.39 Å². The fourth-order valence-corrected chi connectivity index (χ4v) is 1.88. The molecule has 0 fully saturated rings. The lowest BCUT2D eigenvalue weighted by atomic mass is 10.2. The van der Waals surface area contributed by atoms with Crippen molar-refractivity contribution in [3.63, 3.8) is 0 Å². The minimum Gasteiger partial charge on any atom is -0.481 e. The lowest BCUT2D eigenvalue weighted by Gasteiger charge is -1.96. The topological polar surface area (TPSA) is 63.1 Å². The van der Waals surface area contributed by atoms with Gasteiger partial charge >= 0.3 is 5.97 Å². The van der Waals surface area contributed by atoms with E-state index < -0.39 is 5.97 Å². The van der Waals surface area contributed by atoms with Crippen LogP contribution in [-0.4, -0.2) is 21.0 Å². The monoisotopic (exact) mass is 194 g/mol. The van der Waals surface area contributed by atoms with Crippen molar-refractivity contribution >= 4 is 27.5 Å². The Bertz CT molecular complexity index is 452. The van der Waals surface area contributed by atoms with Gasteiger partial charge in [0.25, 0.3) is 0 Å². The van der Waals surface area contributed by atoms with E-state index in [0.717, 1.165) is 10.2 Å². The summed E-state index contributed by atoms with van der Waals surface area (Å²) in [5.41, 5.74) is 0.582. The number of carboxylic acids is 1. The van der Waals surface area contributed by atoms with E-state index in [-0.39, 0.29) is 6.42 Å². The van der Waals surface area contributed by atoms with Crippen LogP contribution in [0.4, 0.5) is 0 Å². The smallest absolute Gasteiger partial charge is 0.309 e. The third kappa shape index (κ3) is 1.50. The van der Waals surface area contributed by atoms with Gasteiger partial charge in [0.05, 0.1) is 12.1 Å². The maximum atomic E-state index is 10.5. The number of fused-ring (bicyclic) bond motifs is 1. The molecule has 0 radical (unpaired) electrons. The molecule has 2 heterocycles. The van der Waals surface area contributed by atoms with Gasteiger partial charge in [0.1, 0.15) is 11.2 Å². The molecule has 4 nitrogen and oxygen atoms in total. The number of carboxylic acid groups (broad SMARTS) is 1. The Balaban J connectivity index is 2.54. The lowest BCUT2D eigenvalue weighted by Crippen LogP contribution is -2.02. The Hall–Kier alpha value is -1.49. The third-order valence-corrected chi connectivity index (χ3v) is 2.48. The molecule has 0 bridgehead atoms. The van der Waals surface area contributed by atoms with E-state index >= 15 is 0 Å². The minimum absolute atomic E-state index is 0.0459. The second kappa shape index (κ2) is 3.10. The van der Waals surface area contributed by atoms with Gasteiger partial charge in [-0.1, -0.05) is 0 Å². The van der Waals surface area contributed by atoms with E-state index in [1.54, 1.807) is 0 Å². The van der Waals surface area contributed by atoms with Gasteiger partial charge in [0.15, 0.2) is 0 Å². The van der Waals surface area contributed by atoms with Gasteiger partial charge in [-0.15, -0.1) is 11.3 Å². The van der Waals surface area contributed by atoms with Gasteiger partial charge in [-0.3, -0.25) is 4.79 Å². The average Bonchev–Trinajstić information content (AvgIpc) is 2.51. The molecule has 0 unspecified atom stereocenters. The van der Waals surface area contributed by atoms with Gasteiger partial charge in [-0.2, -0.15) is 0 Å². The van der Waals surface area contributed by atoms with Crippen LogP contribution in [0.25, 0.3) is 10.2 Å². The highest BCUT2D eigenvalue weighted by atomic mass is 32.1. The Morgan fingerprint density at radius 1 is 1.54 bits per heavy atom. The number of thiophene rings is 1. The van der Waals surface area contributed by atoms with E-state index in [0.29, 0.717) is 5.69 Å². The molecule has 5 heteroatoms.